The van der Waals surface area contributed by atoms with Gasteiger partial charge in [0.05, 0.1) is 18.9 Å². The van der Waals surface area contributed by atoms with Crippen molar-refractivity contribution in [2.45, 2.75) is 6.61 Å². The maximum Gasteiger partial charge on any atom is 0.412 e. The molecule has 3 aromatic rings. The van der Waals surface area contributed by atoms with Crippen LogP contribution in [0.4, 0.5) is 23.7 Å². The molecule has 168 valence electrons. The average molecular weight is 450 g/mol. The second kappa shape index (κ2) is 8.79. The molecule has 2 aromatic carbocycles. The van der Waals surface area contributed by atoms with E-state index < -0.39 is 24.5 Å². The third kappa shape index (κ3) is 4.33. The average Bonchev–Trinajstić information content (AvgIpc) is 3.12. The maximum absolute atomic E-state index is 13.4. The summed E-state index contributed by atoms with van der Waals surface area (Å²) in [6, 6.07) is 7.67. The largest absolute Gasteiger partial charge is 0.455 e. The molecule has 0 unspecified atom stereocenters. The number of morpholine rings is 1. The van der Waals surface area contributed by atoms with Gasteiger partial charge in [-0.15, -0.1) is 0 Å². The van der Waals surface area contributed by atoms with Crippen LogP contribution in [0.25, 0.3) is 22.3 Å². The second-order valence-corrected chi connectivity index (χ2v) is 6.82. The van der Waals surface area contributed by atoms with Gasteiger partial charge in [-0.3, -0.25) is 0 Å². The first-order chi connectivity index (χ1) is 15.3. The Kier molecular flexibility index (Phi) is 5.91. The number of carbonyl (C=O) groups excluding carboxylic acids is 2. The number of benzene rings is 2. The number of anilines is 1. The molecule has 0 saturated carbocycles. The normalized spacial score (nSPS) is 14.1. The Morgan fingerprint density at radius 2 is 1.78 bits per heavy atom. The summed E-state index contributed by atoms with van der Waals surface area (Å²) in [7, 11) is 0. The van der Waals surface area contributed by atoms with Gasteiger partial charge in [0.15, 0.2) is 0 Å². The number of nitrogens with zero attached hydrogens (tertiary/aromatic N) is 1. The van der Waals surface area contributed by atoms with Crippen LogP contribution in [0.2, 0.25) is 0 Å². The molecule has 32 heavy (non-hydrogen) atoms. The van der Waals surface area contributed by atoms with Crippen LogP contribution in [0.5, 0.6) is 5.75 Å². The predicted molar refractivity (Wildman–Crippen MR) is 106 cm³/mol. The van der Waals surface area contributed by atoms with Gasteiger partial charge in [-0.25, -0.2) is 14.0 Å². The molecule has 1 fully saturated rings. The van der Waals surface area contributed by atoms with Gasteiger partial charge in [-0.05, 0) is 30.3 Å². The van der Waals surface area contributed by atoms with E-state index in [9.17, 15) is 22.8 Å². The van der Waals surface area contributed by atoms with Crippen molar-refractivity contribution >= 4 is 28.7 Å². The SMILES string of the molecule is NC(=O)OC(=O)c1c(-c2ccc(F)cc2)oc2cc(N3CCOCC3)c(OC(F)F)cc12. The topological polar surface area (TPSA) is 104 Å². The van der Waals surface area contributed by atoms with Gasteiger partial charge in [-0.2, -0.15) is 8.78 Å². The molecule has 1 aromatic heterocycles. The molecule has 2 heterocycles. The Morgan fingerprint density at radius 1 is 1.09 bits per heavy atom. The zero-order valence-corrected chi connectivity index (χ0v) is 16.5. The van der Waals surface area contributed by atoms with Gasteiger partial charge in [-0.1, -0.05) is 0 Å². The van der Waals surface area contributed by atoms with E-state index in [-0.39, 0.29) is 28.0 Å². The van der Waals surface area contributed by atoms with Gasteiger partial charge in [0.25, 0.3) is 0 Å². The standard InChI is InChI=1S/C21H17F3N2O6/c22-12-3-1-11(2-4-12)18-17(19(27)32-21(25)28)13-9-16(31-20(23)24)14(10-15(13)30-18)26-5-7-29-8-6-26/h1-4,9-10,20H,5-8H2,(H2,25,28). The summed E-state index contributed by atoms with van der Waals surface area (Å²) >= 11 is 0. The third-order valence-corrected chi connectivity index (χ3v) is 4.84. The number of ether oxygens (including phenoxy) is 3. The van der Waals surface area contributed by atoms with Crippen molar-refractivity contribution in [1.82, 2.24) is 0 Å². The summed E-state index contributed by atoms with van der Waals surface area (Å²) in [5.74, 6) is -1.92. The number of amides is 1. The minimum absolute atomic E-state index is 0.0478. The highest BCUT2D eigenvalue weighted by Crippen LogP contribution is 2.41. The van der Waals surface area contributed by atoms with E-state index in [1.807, 2.05) is 0 Å². The van der Waals surface area contributed by atoms with E-state index in [1.54, 1.807) is 4.90 Å². The fourth-order valence-corrected chi connectivity index (χ4v) is 3.50. The van der Waals surface area contributed by atoms with Crippen LogP contribution in [0.3, 0.4) is 0 Å². The zero-order chi connectivity index (χ0) is 22.8. The minimum Gasteiger partial charge on any atom is -0.455 e. The summed E-state index contributed by atoms with van der Waals surface area (Å²) in [6.45, 7) is -1.50. The first kappa shape index (κ1) is 21.5. The Labute approximate surface area is 179 Å². The van der Waals surface area contributed by atoms with E-state index in [0.717, 1.165) is 12.1 Å². The second-order valence-electron chi connectivity index (χ2n) is 6.82. The van der Waals surface area contributed by atoms with Crippen molar-refractivity contribution < 1.29 is 41.4 Å². The van der Waals surface area contributed by atoms with Crippen molar-refractivity contribution in [2.24, 2.45) is 5.73 Å². The summed E-state index contributed by atoms with van der Waals surface area (Å²) in [5, 5.41) is 0.0586. The fourth-order valence-electron chi connectivity index (χ4n) is 3.50. The van der Waals surface area contributed by atoms with Crippen molar-refractivity contribution in [3.05, 3.63) is 47.8 Å². The number of nitrogens with two attached hydrogens (primary N) is 1. The Hall–Kier alpha value is -3.73. The first-order valence-corrected chi connectivity index (χ1v) is 9.49. The molecule has 0 aliphatic carbocycles. The molecule has 1 aliphatic heterocycles. The Bertz CT molecular complexity index is 1160. The maximum atomic E-state index is 13.4. The van der Waals surface area contributed by atoms with Crippen molar-refractivity contribution in [2.75, 3.05) is 31.2 Å². The van der Waals surface area contributed by atoms with Crippen molar-refractivity contribution in [1.29, 1.82) is 0 Å². The van der Waals surface area contributed by atoms with Crippen LogP contribution in [0.1, 0.15) is 10.4 Å². The molecule has 4 rings (SSSR count). The molecule has 0 radical (unpaired) electrons. The number of esters is 1. The van der Waals surface area contributed by atoms with Gasteiger partial charge >= 0.3 is 18.7 Å². The van der Waals surface area contributed by atoms with Gasteiger partial charge < -0.3 is 29.3 Å². The Morgan fingerprint density at radius 3 is 2.41 bits per heavy atom. The van der Waals surface area contributed by atoms with Gasteiger partial charge in [0.2, 0.25) is 0 Å². The first-order valence-electron chi connectivity index (χ1n) is 9.49. The minimum atomic E-state index is -3.13. The molecule has 1 amide bonds. The number of fused-ring (bicyclic) bond motifs is 1. The molecule has 0 atom stereocenters. The van der Waals surface area contributed by atoms with Crippen molar-refractivity contribution in [3.63, 3.8) is 0 Å². The van der Waals surface area contributed by atoms with E-state index in [4.69, 9.17) is 19.6 Å². The van der Waals surface area contributed by atoms with Crippen LogP contribution in [0.15, 0.2) is 40.8 Å². The highest BCUT2D eigenvalue weighted by molar-refractivity contribution is 6.12. The van der Waals surface area contributed by atoms with Crippen LogP contribution in [0, 0.1) is 5.82 Å². The van der Waals surface area contributed by atoms with Gasteiger partial charge in [0, 0.05) is 30.1 Å². The molecular formula is C21H17F3N2O6. The number of alkyl halides is 2. The van der Waals surface area contributed by atoms with E-state index >= 15 is 0 Å². The van der Waals surface area contributed by atoms with Gasteiger partial charge in [0.1, 0.15) is 28.5 Å². The molecular weight excluding hydrogens is 433 g/mol. The number of primary amides is 1. The number of hydrogen-bond donors (Lipinski definition) is 1. The lowest BCUT2D eigenvalue weighted by Gasteiger charge is -2.30. The molecule has 0 spiro atoms. The van der Waals surface area contributed by atoms with E-state index in [2.05, 4.69) is 4.74 Å². The monoisotopic (exact) mass is 450 g/mol. The molecule has 1 aliphatic rings. The summed E-state index contributed by atoms with van der Waals surface area (Å²) in [5.41, 5.74) is 5.48. The van der Waals surface area contributed by atoms with Crippen molar-refractivity contribution in [3.8, 4) is 17.1 Å². The lowest BCUT2D eigenvalue weighted by molar-refractivity contribution is -0.0495. The lowest BCUT2D eigenvalue weighted by Crippen LogP contribution is -2.36. The smallest absolute Gasteiger partial charge is 0.412 e. The summed E-state index contributed by atoms with van der Waals surface area (Å²) in [6.07, 6.45) is -1.36. The van der Waals surface area contributed by atoms with E-state index in [1.165, 1.54) is 24.3 Å². The zero-order valence-electron chi connectivity index (χ0n) is 16.5. The molecule has 2 N–H and O–H groups in total. The number of halogens is 3. The van der Waals surface area contributed by atoms with Crippen LogP contribution in [-0.2, 0) is 9.47 Å². The third-order valence-electron chi connectivity index (χ3n) is 4.84. The van der Waals surface area contributed by atoms with Crippen LogP contribution >= 0.6 is 0 Å². The number of hydrogen-bond acceptors (Lipinski definition) is 7. The molecule has 8 nitrogen and oxygen atoms in total. The number of rotatable bonds is 5. The quantitative estimate of drug-likeness (QED) is 0.464. The molecule has 11 heteroatoms. The number of carbonyl (C=O) groups is 2. The van der Waals surface area contributed by atoms with Crippen LogP contribution in [-0.4, -0.2) is 45.0 Å². The fraction of sp³-hybridized carbons (Fsp3) is 0.238. The highest BCUT2D eigenvalue weighted by atomic mass is 19.3. The highest BCUT2D eigenvalue weighted by Gasteiger charge is 2.28. The molecule has 1 saturated heterocycles. The summed E-state index contributed by atoms with van der Waals surface area (Å²) in [4.78, 5) is 25.6. The summed E-state index contributed by atoms with van der Waals surface area (Å²) < 4.78 is 60.0. The molecule has 0 bridgehead atoms. The van der Waals surface area contributed by atoms with E-state index in [0.29, 0.717) is 37.6 Å². The number of furan rings is 1. The van der Waals surface area contributed by atoms with Crippen LogP contribution < -0.4 is 15.4 Å². The predicted octanol–water partition coefficient (Wildman–Crippen LogP) is 3.91. The lowest BCUT2D eigenvalue weighted by atomic mass is 10.0. The Balaban J connectivity index is 1.93.